The van der Waals surface area contributed by atoms with Gasteiger partial charge in [0.05, 0.1) is 0 Å². The number of furan rings is 1. The monoisotopic (exact) mass is 234 g/mol. The summed E-state index contributed by atoms with van der Waals surface area (Å²) >= 11 is 5.91. The maximum atomic E-state index is 11.2. The van der Waals surface area contributed by atoms with Crippen LogP contribution in [-0.4, -0.2) is 5.78 Å². The summed E-state index contributed by atoms with van der Waals surface area (Å²) in [5, 5.41) is 1.73. The Hall–Kier alpha value is -1.28. The standard InChI is InChI=1S/C13H11ClO2/c14-10-2-4-12-9(5-10)7-13(16-12)8-1-3-11(15)6-8/h2,4-5,7-8H,1,3,6H2. The van der Waals surface area contributed by atoms with Gasteiger partial charge in [0.2, 0.25) is 0 Å². The fourth-order valence-corrected chi connectivity index (χ4v) is 2.47. The van der Waals surface area contributed by atoms with Gasteiger partial charge in [-0.3, -0.25) is 4.79 Å². The maximum Gasteiger partial charge on any atom is 0.134 e. The molecule has 16 heavy (non-hydrogen) atoms. The van der Waals surface area contributed by atoms with Crippen LogP contribution in [0.25, 0.3) is 11.0 Å². The molecule has 0 N–H and O–H groups in total. The van der Waals surface area contributed by atoms with Gasteiger partial charge in [-0.25, -0.2) is 0 Å². The van der Waals surface area contributed by atoms with Crippen molar-refractivity contribution in [3.05, 3.63) is 35.0 Å². The second-order valence-electron chi connectivity index (χ2n) is 4.31. The Morgan fingerprint density at radius 3 is 2.94 bits per heavy atom. The summed E-state index contributed by atoms with van der Waals surface area (Å²) in [5.41, 5.74) is 0.846. The van der Waals surface area contributed by atoms with E-state index in [1.165, 1.54) is 0 Å². The van der Waals surface area contributed by atoms with Gasteiger partial charge < -0.3 is 4.42 Å². The van der Waals surface area contributed by atoms with E-state index in [2.05, 4.69) is 0 Å². The van der Waals surface area contributed by atoms with E-state index < -0.39 is 0 Å². The van der Waals surface area contributed by atoms with Crippen molar-refractivity contribution in [3.8, 4) is 0 Å². The molecule has 1 saturated carbocycles. The average Bonchev–Trinajstić information content (AvgIpc) is 2.83. The summed E-state index contributed by atoms with van der Waals surface area (Å²) in [6.07, 6.45) is 2.21. The van der Waals surface area contributed by atoms with Gasteiger partial charge >= 0.3 is 0 Å². The largest absolute Gasteiger partial charge is 0.461 e. The van der Waals surface area contributed by atoms with Crippen molar-refractivity contribution in [3.63, 3.8) is 0 Å². The zero-order valence-electron chi connectivity index (χ0n) is 8.70. The van der Waals surface area contributed by atoms with Crippen molar-refractivity contribution in [1.29, 1.82) is 0 Å². The molecule has 1 heterocycles. The summed E-state index contributed by atoms with van der Waals surface area (Å²) in [5.74, 6) is 1.52. The third-order valence-electron chi connectivity index (χ3n) is 3.15. The molecule has 0 radical (unpaired) electrons. The van der Waals surface area contributed by atoms with Crippen LogP contribution >= 0.6 is 11.6 Å². The molecule has 0 amide bonds. The van der Waals surface area contributed by atoms with Crippen molar-refractivity contribution in [1.82, 2.24) is 0 Å². The molecular formula is C13H11ClO2. The zero-order valence-corrected chi connectivity index (χ0v) is 9.46. The smallest absolute Gasteiger partial charge is 0.134 e. The molecule has 1 unspecified atom stereocenters. The van der Waals surface area contributed by atoms with Crippen LogP contribution in [0.3, 0.4) is 0 Å². The predicted molar refractivity (Wildman–Crippen MR) is 62.8 cm³/mol. The normalized spacial score (nSPS) is 20.8. The van der Waals surface area contributed by atoms with Crippen molar-refractivity contribution < 1.29 is 9.21 Å². The van der Waals surface area contributed by atoms with Crippen molar-refractivity contribution in [2.45, 2.75) is 25.2 Å². The van der Waals surface area contributed by atoms with Crippen LogP contribution in [0.15, 0.2) is 28.7 Å². The highest BCUT2D eigenvalue weighted by molar-refractivity contribution is 6.31. The van der Waals surface area contributed by atoms with Gasteiger partial charge in [-0.1, -0.05) is 11.6 Å². The van der Waals surface area contributed by atoms with Crippen molar-refractivity contribution in [2.24, 2.45) is 0 Å². The fraction of sp³-hybridized carbons (Fsp3) is 0.308. The number of Topliss-reactive ketones (excluding diaryl/α,β-unsaturated/α-hetero) is 1. The van der Waals surface area contributed by atoms with Gasteiger partial charge in [0.15, 0.2) is 0 Å². The van der Waals surface area contributed by atoms with Gasteiger partial charge in [-0.2, -0.15) is 0 Å². The molecular weight excluding hydrogens is 224 g/mol. The number of rotatable bonds is 1. The van der Waals surface area contributed by atoms with Gasteiger partial charge in [0, 0.05) is 29.2 Å². The van der Waals surface area contributed by atoms with E-state index in [-0.39, 0.29) is 5.92 Å². The fourth-order valence-electron chi connectivity index (χ4n) is 2.29. The molecule has 0 saturated heterocycles. The van der Waals surface area contributed by atoms with E-state index in [1.54, 1.807) is 0 Å². The van der Waals surface area contributed by atoms with Crippen molar-refractivity contribution >= 4 is 28.4 Å². The number of ketones is 1. The number of hydrogen-bond acceptors (Lipinski definition) is 2. The third-order valence-corrected chi connectivity index (χ3v) is 3.38. The number of halogens is 1. The van der Waals surface area contributed by atoms with E-state index in [9.17, 15) is 4.79 Å². The van der Waals surface area contributed by atoms with Gasteiger partial charge in [-0.15, -0.1) is 0 Å². The van der Waals surface area contributed by atoms with E-state index in [0.717, 1.165) is 23.2 Å². The first-order valence-corrected chi connectivity index (χ1v) is 5.81. The molecule has 1 aliphatic carbocycles. The second-order valence-corrected chi connectivity index (χ2v) is 4.75. The molecule has 3 heteroatoms. The summed E-state index contributed by atoms with van der Waals surface area (Å²) in [6.45, 7) is 0. The van der Waals surface area contributed by atoms with E-state index >= 15 is 0 Å². The highest BCUT2D eigenvalue weighted by Gasteiger charge is 2.26. The minimum Gasteiger partial charge on any atom is -0.461 e. The molecule has 0 bridgehead atoms. The molecule has 0 aliphatic heterocycles. The molecule has 1 fully saturated rings. The highest BCUT2D eigenvalue weighted by atomic mass is 35.5. The minimum absolute atomic E-state index is 0.263. The molecule has 1 aromatic carbocycles. The van der Waals surface area contributed by atoms with Crippen LogP contribution in [0, 0.1) is 0 Å². The Bertz CT molecular complexity index is 556. The molecule has 2 nitrogen and oxygen atoms in total. The van der Waals surface area contributed by atoms with E-state index in [4.69, 9.17) is 16.0 Å². The lowest BCUT2D eigenvalue weighted by Crippen LogP contribution is -1.91. The molecule has 3 rings (SSSR count). The van der Waals surface area contributed by atoms with E-state index in [1.807, 2.05) is 24.3 Å². The first-order chi connectivity index (χ1) is 7.72. The second kappa shape index (κ2) is 3.63. The maximum absolute atomic E-state index is 11.2. The van der Waals surface area contributed by atoms with Crippen LogP contribution < -0.4 is 0 Å². The quantitative estimate of drug-likeness (QED) is 0.749. The molecule has 2 aromatic rings. The first-order valence-electron chi connectivity index (χ1n) is 5.43. The molecule has 1 aliphatic rings. The number of carbonyl (C=O) groups excluding carboxylic acids is 1. The van der Waals surface area contributed by atoms with E-state index in [0.29, 0.717) is 23.6 Å². The Labute approximate surface area is 98.2 Å². The summed E-state index contributed by atoms with van der Waals surface area (Å²) in [6, 6.07) is 7.58. The predicted octanol–water partition coefficient (Wildman–Crippen LogP) is 3.92. The molecule has 82 valence electrons. The minimum atomic E-state index is 0.263. The molecule has 0 spiro atoms. The van der Waals surface area contributed by atoms with Crippen molar-refractivity contribution in [2.75, 3.05) is 0 Å². The third kappa shape index (κ3) is 1.63. The SMILES string of the molecule is O=C1CCC(c2cc3cc(Cl)ccc3o2)C1. The summed E-state index contributed by atoms with van der Waals surface area (Å²) in [7, 11) is 0. The lowest BCUT2D eigenvalue weighted by atomic mass is 10.1. The number of hydrogen-bond donors (Lipinski definition) is 0. The van der Waals surface area contributed by atoms with Gasteiger partial charge in [0.1, 0.15) is 17.1 Å². The van der Waals surface area contributed by atoms with Crippen LogP contribution in [0.4, 0.5) is 0 Å². The number of carbonyl (C=O) groups is 1. The molecule has 1 atom stereocenters. The van der Waals surface area contributed by atoms with Crippen LogP contribution in [0.2, 0.25) is 5.02 Å². The Morgan fingerprint density at radius 2 is 2.19 bits per heavy atom. The van der Waals surface area contributed by atoms with Crippen LogP contribution in [0.5, 0.6) is 0 Å². The Balaban J connectivity index is 2.02. The van der Waals surface area contributed by atoms with Gasteiger partial charge in [0.25, 0.3) is 0 Å². The average molecular weight is 235 g/mol. The van der Waals surface area contributed by atoms with Crippen LogP contribution in [0.1, 0.15) is 30.9 Å². The summed E-state index contributed by atoms with van der Waals surface area (Å²) in [4.78, 5) is 11.2. The Kier molecular flexibility index (Phi) is 2.25. The first kappa shape index (κ1) is 9.91. The highest BCUT2D eigenvalue weighted by Crippen LogP contribution is 2.35. The number of benzene rings is 1. The Morgan fingerprint density at radius 1 is 1.31 bits per heavy atom. The zero-order chi connectivity index (χ0) is 11.1. The summed E-state index contributed by atoms with van der Waals surface area (Å²) < 4.78 is 5.74. The van der Waals surface area contributed by atoms with Crippen LogP contribution in [-0.2, 0) is 4.79 Å². The topological polar surface area (TPSA) is 30.2 Å². The number of fused-ring (bicyclic) bond motifs is 1. The van der Waals surface area contributed by atoms with Gasteiger partial charge in [-0.05, 0) is 30.7 Å². The lowest BCUT2D eigenvalue weighted by Gasteiger charge is -2.01. The molecule has 1 aromatic heterocycles. The lowest BCUT2D eigenvalue weighted by molar-refractivity contribution is -0.117.